The summed E-state index contributed by atoms with van der Waals surface area (Å²) in [4.78, 5) is 24.5. The molecule has 0 unspecified atom stereocenters. The number of hydrogen-bond acceptors (Lipinski definition) is 6. The third-order valence-corrected chi connectivity index (χ3v) is 1.38. The maximum absolute atomic E-state index is 10.9. The Morgan fingerprint density at radius 1 is 1.62 bits per heavy atom. The first-order valence-corrected chi connectivity index (χ1v) is 3.13. The second-order valence-electron chi connectivity index (χ2n) is 2.15. The van der Waals surface area contributed by atoms with Gasteiger partial charge in [-0.15, -0.1) is 5.10 Å². The number of hydrogen-bond donors (Lipinski definition) is 1. The molecular formula is C4H2N6O3. The van der Waals surface area contributed by atoms with Crippen molar-refractivity contribution in [3.8, 4) is 0 Å². The minimum absolute atomic E-state index is 0.0584. The van der Waals surface area contributed by atoms with Gasteiger partial charge in [-0.3, -0.25) is 5.10 Å². The Morgan fingerprint density at radius 3 is 3.08 bits per heavy atom. The van der Waals surface area contributed by atoms with Crippen LogP contribution in [0.25, 0.3) is 11.2 Å². The lowest BCUT2D eigenvalue weighted by Gasteiger charge is -1.90. The molecule has 0 atom stereocenters. The van der Waals surface area contributed by atoms with Gasteiger partial charge in [0.2, 0.25) is 5.65 Å². The lowest BCUT2D eigenvalue weighted by molar-refractivity contribution is -0.545. The minimum Gasteiger partial charge on any atom is -0.254 e. The highest BCUT2D eigenvalue weighted by molar-refractivity contribution is 5.66. The van der Waals surface area contributed by atoms with Gasteiger partial charge in [-0.2, -0.15) is 4.98 Å². The number of aromatic nitrogens is 5. The number of aromatic amines is 1. The topological polar surface area (TPSA) is 120 Å². The fourth-order valence-corrected chi connectivity index (χ4v) is 0.836. The van der Waals surface area contributed by atoms with E-state index in [9.17, 15) is 14.9 Å². The van der Waals surface area contributed by atoms with Crippen LogP contribution in [-0.2, 0) is 0 Å². The van der Waals surface area contributed by atoms with Gasteiger partial charge in [0.05, 0.1) is 0 Å². The predicted octanol–water partition coefficient (Wildman–Crippen LogP) is -1.45. The molecule has 2 rings (SSSR count). The zero-order valence-corrected chi connectivity index (χ0v) is 6.04. The molecule has 0 spiro atoms. The molecule has 1 N–H and O–H groups in total. The van der Waals surface area contributed by atoms with E-state index in [2.05, 4.69) is 20.4 Å². The van der Waals surface area contributed by atoms with E-state index in [4.69, 9.17) is 0 Å². The Kier molecular flexibility index (Phi) is 1.32. The zero-order chi connectivity index (χ0) is 9.42. The van der Waals surface area contributed by atoms with Gasteiger partial charge in [-0.1, -0.05) is 5.21 Å². The zero-order valence-electron chi connectivity index (χ0n) is 6.04. The summed E-state index contributed by atoms with van der Waals surface area (Å²) in [6.07, 6.45) is 0.977. The number of nitro groups is 1. The Hall–Kier alpha value is -2.32. The summed E-state index contributed by atoms with van der Waals surface area (Å²) in [5.41, 5.74) is -0.703. The highest BCUT2D eigenvalue weighted by Crippen LogP contribution is 1.98. The Labute approximate surface area is 69.1 Å². The first kappa shape index (κ1) is 7.34. The van der Waals surface area contributed by atoms with Crippen molar-refractivity contribution in [3.05, 3.63) is 26.8 Å². The number of H-pyrrole nitrogens is 1. The molecule has 0 bridgehead atoms. The van der Waals surface area contributed by atoms with Gasteiger partial charge < -0.3 is 0 Å². The fourth-order valence-electron chi connectivity index (χ4n) is 0.836. The van der Waals surface area contributed by atoms with Crippen LogP contribution in [0, 0.1) is 10.1 Å². The van der Waals surface area contributed by atoms with E-state index in [-0.39, 0.29) is 15.8 Å². The molecule has 2 aromatic rings. The summed E-state index contributed by atoms with van der Waals surface area (Å²) in [5, 5.41) is 18.5. The Balaban J connectivity index is 2.84. The maximum Gasteiger partial charge on any atom is 0.408 e. The lowest BCUT2D eigenvalue weighted by atomic mass is 10.6. The average Bonchev–Trinajstić information content (AvgIpc) is 2.48. The quantitative estimate of drug-likeness (QED) is 0.425. The van der Waals surface area contributed by atoms with Crippen LogP contribution in [0.1, 0.15) is 0 Å². The minimum atomic E-state index is -0.994. The van der Waals surface area contributed by atoms with Gasteiger partial charge in [-0.05, 0) is 4.68 Å². The van der Waals surface area contributed by atoms with Crippen LogP contribution in [0.5, 0.6) is 0 Å². The molecule has 9 heteroatoms. The number of nitrogens with one attached hydrogen (secondary N) is 1. The van der Waals surface area contributed by atoms with Crippen LogP contribution in [0.15, 0.2) is 11.0 Å². The third-order valence-electron chi connectivity index (χ3n) is 1.38. The molecular weight excluding hydrogens is 180 g/mol. The summed E-state index contributed by atoms with van der Waals surface area (Å²) in [7, 11) is 0. The van der Waals surface area contributed by atoms with E-state index in [0.29, 0.717) is 0 Å². The molecule has 0 amide bonds. The summed E-state index contributed by atoms with van der Waals surface area (Å²) >= 11 is 0. The molecule has 0 aliphatic heterocycles. The average molecular weight is 182 g/mol. The molecule has 2 heterocycles. The van der Waals surface area contributed by atoms with Crippen molar-refractivity contribution in [2.24, 2.45) is 0 Å². The Bertz CT molecular complexity index is 526. The SMILES string of the molecule is O=c1nc2nn[nH]c2cn1[N+](=O)[O-]. The van der Waals surface area contributed by atoms with E-state index in [1.165, 1.54) is 0 Å². The Morgan fingerprint density at radius 2 is 2.38 bits per heavy atom. The summed E-state index contributed by atoms with van der Waals surface area (Å²) in [6, 6.07) is 0. The largest absolute Gasteiger partial charge is 0.408 e. The van der Waals surface area contributed by atoms with Crippen molar-refractivity contribution >= 4 is 11.2 Å². The van der Waals surface area contributed by atoms with Gasteiger partial charge >= 0.3 is 5.69 Å². The van der Waals surface area contributed by atoms with Crippen LogP contribution in [-0.4, -0.2) is 30.1 Å². The number of fused-ring (bicyclic) bond motifs is 1. The highest BCUT2D eigenvalue weighted by atomic mass is 16.7. The lowest BCUT2D eigenvalue weighted by Crippen LogP contribution is -2.27. The molecule has 13 heavy (non-hydrogen) atoms. The number of nitrogens with zero attached hydrogens (tertiary/aromatic N) is 5. The van der Waals surface area contributed by atoms with Gasteiger partial charge in [-0.25, -0.2) is 14.9 Å². The fraction of sp³-hybridized carbons (Fsp3) is 0. The second-order valence-corrected chi connectivity index (χ2v) is 2.15. The summed E-state index contributed by atoms with van der Waals surface area (Å²) in [5.74, 6) is 0. The van der Waals surface area contributed by atoms with E-state index in [1.54, 1.807) is 0 Å². The van der Waals surface area contributed by atoms with Gasteiger partial charge in [0.15, 0.2) is 5.03 Å². The monoisotopic (exact) mass is 182 g/mol. The summed E-state index contributed by atoms with van der Waals surface area (Å²) < 4.78 is 0.252. The van der Waals surface area contributed by atoms with Crippen LogP contribution in [0.2, 0.25) is 0 Å². The molecule has 66 valence electrons. The summed E-state index contributed by atoms with van der Waals surface area (Å²) in [6.45, 7) is 0. The molecule has 0 aromatic carbocycles. The molecule has 0 aliphatic rings. The van der Waals surface area contributed by atoms with Crippen molar-refractivity contribution in [1.29, 1.82) is 0 Å². The third kappa shape index (κ3) is 1.02. The van der Waals surface area contributed by atoms with Crippen molar-refractivity contribution in [1.82, 2.24) is 25.1 Å². The first-order valence-electron chi connectivity index (χ1n) is 3.13. The van der Waals surface area contributed by atoms with Gasteiger partial charge in [0, 0.05) is 0 Å². The maximum atomic E-state index is 10.9. The van der Waals surface area contributed by atoms with Crippen LogP contribution in [0.4, 0.5) is 0 Å². The van der Waals surface area contributed by atoms with E-state index in [0.717, 1.165) is 6.20 Å². The molecule has 2 aromatic heterocycles. The van der Waals surface area contributed by atoms with Crippen LogP contribution >= 0.6 is 0 Å². The van der Waals surface area contributed by atoms with Crippen LogP contribution < -0.4 is 5.69 Å². The van der Waals surface area contributed by atoms with Crippen molar-refractivity contribution in [3.63, 3.8) is 0 Å². The van der Waals surface area contributed by atoms with Gasteiger partial charge in [0.25, 0.3) is 0 Å². The first-order chi connectivity index (χ1) is 6.18. The smallest absolute Gasteiger partial charge is 0.254 e. The van der Waals surface area contributed by atoms with Crippen molar-refractivity contribution in [2.75, 3.05) is 0 Å². The highest BCUT2D eigenvalue weighted by Gasteiger charge is 2.10. The molecule has 0 saturated heterocycles. The van der Waals surface area contributed by atoms with E-state index >= 15 is 0 Å². The molecule has 9 nitrogen and oxygen atoms in total. The predicted molar refractivity (Wildman–Crippen MR) is 38.3 cm³/mol. The molecule has 0 radical (unpaired) electrons. The standard InChI is InChI=1S/C4H2N6O3/c11-4-5-3-2(6-8-7-3)1-9(4)10(12)13/h1H,(H,5,6,7,11). The number of rotatable bonds is 1. The van der Waals surface area contributed by atoms with Crippen LogP contribution in [0.3, 0.4) is 0 Å². The van der Waals surface area contributed by atoms with E-state index < -0.39 is 10.7 Å². The molecule has 0 fully saturated rings. The van der Waals surface area contributed by atoms with Gasteiger partial charge in [0.1, 0.15) is 11.7 Å². The molecule has 0 aliphatic carbocycles. The van der Waals surface area contributed by atoms with Crippen molar-refractivity contribution < 1.29 is 5.03 Å². The normalized spacial score (nSPS) is 10.5. The molecule has 0 saturated carbocycles. The second kappa shape index (κ2) is 2.33. The van der Waals surface area contributed by atoms with Crippen molar-refractivity contribution in [2.45, 2.75) is 0 Å². The van der Waals surface area contributed by atoms with E-state index in [1.807, 2.05) is 0 Å².